The van der Waals surface area contributed by atoms with Crippen LogP contribution in [-0.4, -0.2) is 34.7 Å². The van der Waals surface area contributed by atoms with E-state index < -0.39 is 0 Å². The van der Waals surface area contributed by atoms with Crippen molar-refractivity contribution in [2.75, 3.05) is 18.1 Å². The maximum absolute atomic E-state index is 12.6. The number of hydrogen-bond acceptors (Lipinski definition) is 5. The maximum Gasteiger partial charge on any atom is 0.168 e. The molecule has 1 fully saturated rings. The fraction of sp³-hybridized carbons (Fsp3) is 0.765. The zero-order valence-corrected chi connectivity index (χ0v) is 14.5. The highest BCUT2D eigenvalue weighted by Gasteiger charge is 2.35. The summed E-state index contributed by atoms with van der Waals surface area (Å²) >= 11 is 1.97. The van der Waals surface area contributed by atoms with Crippen LogP contribution >= 0.6 is 11.8 Å². The van der Waals surface area contributed by atoms with E-state index in [4.69, 9.17) is 4.84 Å². The molecule has 0 aromatic rings. The Bertz CT molecular complexity index is 453. The molecule has 1 saturated heterocycles. The molecule has 2 atom stereocenters. The van der Waals surface area contributed by atoms with Crippen molar-refractivity contribution in [2.24, 2.45) is 17.0 Å². The van der Waals surface area contributed by atoms with E-state index in [1.165, 1.54) is 18.6 Å². The quantitative estimate of drug-likeness (QED) is 0.589. The number of rotatable bonds is 6. The lowest BCUT2D eigenvalue weighted by atomic mass is 9.76. The van der Waals surface area contributed by atoms with Crippen LogP contribution in [0.2, 0.25) is 0 Å². The van der Waals surface area contributed by atoms with Crippen LogP contribution in [0.15, 0.2) is 16.5 Å². The van der Waals surface area contributed by atoms with E-state index in [9.17, 15) is 9.90 Å². The van der Waals surface area contributed by atoms with E-state index in [0.29, 0.717) is 49.0 Å². The lowest BCUT2D eigenvalue weighted by Crippen LogP contribution is -2.30. The van der Waals surface area contributed by atoms with Crippen molar-refractivity contribution < 1.29 is 14.7 Å². The van der Waals surface area contributed by atoms with Gasteiger partial charge in [0.2, 0.25) is 0 Å². The first kappa shape index (κ1) is 17.4. The van der Waals surface area contributed by atoms with E-state index in [0.717, 1.165) is 12.2 Å². The predicted molar refractivity (Wildman–Crippen MR) is 91.4 cm³/mol. The van der Waals surface area contributed by atoms with Gasteiger partial charge in [-0.2, -0.15) is 11.8 Å². The summed E-state index contributed by atoms with van der Waals surface area (Å²) in [4.78, 5) is 17.7. The minimum Gasteiger partial charge on any atom is -0.511 e. The van der Waals surface area contributed by atoms with Gasteiger partial charge < -0.3 is 9.94 Å². The van der Waals surface area contributed by atoms with Gasteiger partial charge in [-0.15, -0.1) is 0 Å². The lowest BCUT2D eigenvalue weighted by molar-refractivity contribution is -0.117. The molecular weight excluding hydrogens is 298 g/mol. The van der Waals surface area contributed by atoms with E-state index in [1.54, 1.807) is 0 Å². The second-order valence-electron chi connectivity index (χ2n) is 6.10. The van der Waals surface area contributed by atoms with Gasteiger partial charge in [-0.1, -0.05) is 18.5 Å². The third kappa shape index (κ3) is 4.28. The van der Waals surface area contributed by atoms with Gasteiger partial charge in [0, 0.05) is 12.8 Å². The molecule has 0 saturated carbocycles. The molecule has 2 rings (SSSR count). The van der Waals surface area contributed by atoms with Crippen LogP contribution in [0.5, 0.6) is 0 Å². The maximum atomic E-state index is 12.6. The summed E-state index contributed by atoms with van der Waals surface area (Å²) in [7, 11) is 0. The number of Topliss-reactive ketones (excluding diaryl/α,β-unsaturated/α-hetero) is 1. The van der Waals surface area contributed by atoms with Crippen LogP contribution in [0.25, 0.3) is 0 Å². The summed E-state index contributed by atoms with van der Waals surface area (Å²) in [5, 5.41) is 14.5. The first-order chi connectivity index (χ1) is 10.7. The Kier molecular flexibility index (Phi) is 6.80. The number of aliphatic hydroxyl groups is 1. The molecule has 0 aromatic carbocycles. The first-order valence-electron chi connectivity index (χ1n) is 8.39. The van der Waals surface area contributed by atoms with Crippen LogP contribution in [0, 0.1) is 11.8 Å². The second kappa shape index (κ2) is 8.61. The Hall–Kier alpha value is -0.970. The van der Waals surface area contributed by atoms with Crippen molar-refractivity contribution >= 4 is 23.3 Å². The Morgan fingerprint density at radius 2 is 2.18 bits per heavy atom. The second-order valence-corrected chi connectivity index (χ2v) is 7.25. The first-order valence-corrected chi connectivity index (χ1v) is 9.55. The molecule has 1 N–H and O–H groups in total. The van der Waals surface area contributed by atoms with Crippen molar-refractivity contribution in [2.45, 2.75) is 52.4 Å². The number of hydrogen-bond donors (Lipinski definition) is 1. The Morgan fingerprint density at radius 3 is 2.77 bits per heavy atom. The van der Waals surface area contributed by atoms with E-state index in [2.05, 4.69) is 5.16 Å². The number of aliphatic hydroxyl groups excluding tert-OH is 1. The van der Waals surface area contributed by atoms with Crippen LogP contribution in [0.4, 0.5) is 0 Å². The van der Waals surface area contributed by atoms with Gasteiger partial charge in [0.05, 0.1) is 11.3 Å². The zero-order valence-electron chi connectivity index (χ0n) is 13.6. The average Bonchev–Trinajstić information content (AvgIpc) is 2.52. The van der Waals surface area contributed by atoms with Crippen LogP contribution < -0.4 is 0 Å². The van der Waals surface area contributed by atoms with Gasteiger partial charge in [0.15, 0.2) is 5.78 Å². The molecule has 0 amide bonds. The minimum absolute atomic E-state index is 0.0382. The number of ketones is 1. The Morgan fingerprint density at radius 1 is 1.36 bits per heavy atom. The average molecular weight is 325 g/mol. The topological polar surface area (TPSA) is 58.9 Å². The largest absolute Gasteiger partial charge is 0.511 e. The van der Waals surface area contributed by atoms with Gasteiger partial charge in [-0.25, -0.2) is 0 Å². The zero-order chi connectivity index (χ0) is 15.9. The number of nitrogens with zero attached hydrogens (tertiary/aromatic N) is 1. The van der Waals surface area contributed by atoms with Crippen molar-refractivity contribution in [3.8, 4) is 0 Å². The number of allylic oxidation sites excluding steroid dienone is 2. The smallest absolute Gasteiger partial charge is 0.168 e. The van der Waals surface area contributed by atoms with Gasteiger partial charge in [-0.3, -0.25) is 4.79 Å². The van der Waals surface area contributed by atoms with Crippen molar-refractivity contribution in [1.82, 2.24) is 0 Å². The molecule has 22 heavy (non-hydrogen) atoms. The normalized spacial score (nSPS) is 27.2. The summed E-state index contributed by atoms with van der Waals surface area (Å²) in [6.07, 6.45) is 5.10. The Balaban J connectivity index is 2.15. The Labute approximate surface area is 137 Å². The van der Waals surface area contributed by atoms with E-state index in [-0.39, 0.29) is 11.5 Å². The summed E-state index contributed by atoms with van der Waals surface area (Å²) in [5.74, 6) is 3.46. The van der Waals surface area contributed by atoms with Gasteiger partial charge in [0.1, 0.15) is 12.4 Å². The molecule has 124 valence electrons. The molecule has 1 aliphatic carbocycles. The van der Waals surface area contributed by atoms with Crippen LogP contribution in [0.3, 0.4) is 0 Å². The summed E-state index contributed by atoms with van der Waals surface area (Å²) in [5.41, 5.74) is 1.04. The van der Waals surface area contributed by atoms with E-state index in [1.807, 2.05) is 25.6 Å². The molecule has 1 aliphatic heterocycles. The standard InChI is InChI=1S/C17H27NO3S/c1-3-6-14(18-21-4-2)17-15(19)9-13(10-16(17)20)12-7-5-8-22-11-12/h12-13,19H,3-11H2,1-2H3/t12?,13-/m0/s1. The molecule has 0 spiro atoms. The van der Waals surface area contributed by atoms with E-state index >= 15 is 0 Å². The summed E-state index contributed by atoms with van der Waals surface area (Å²) < 4.78 is 0. The number of thioether (sulfide) groups is 1. The van der Waals surface area contributed by atoms with Crippen molar-refractivity contribution in [3.63, 3.8) is 0 Å². The lowest BCUT2D eigenvalue weighted by Gasteiger charge is -2.32. The third-order valence-electron chi connectivity index (χ3n) is 4.41. The number of oxime groups is 1. The molecule has 2 aliphatic rings. The molecule has 4 nitrogen and oxygen atoms in total. The monoisotopic (exact) mass is 325 g/mol. The molecular formula is C17H27NO3S. The fourth-order valence-electron chi connectivity index (χ4n) is 3.32. The van der Waals surface area contributed by atoms with Crippen molar-refractivity contribution in [1.29, 1.82) is 0 Å². The van der Waals surface area contributed by atoms with Gasteiger partial charge >= 0.3 is 0 Å². The molecule has 0 bridgehead atoms. The highest BCUT2D eigenvalue weighted by atomic mass is 32.2. The molecule has 0 aromatic heterocycles. The minimum atomic E-state index is 0.0382. The third-order valence-corrected chi connectivity index (χ3v) is 5.65. The molecule has 0 radical (unpaired) electrons. The number of carbonyl (C=O) groups excluding carboxylic acids is 1. The summed E-state index contributed by atoms with van der Waals surface area (Å²) in [6, 6.07) is 0. The highest BCUT2D eigenvalue weighted by molar-refractivity contribution is 7.99. The van der Waals surface area contributed by atoms with Crippen molar-refractivity contribution in [3.05, 3.63) is 11.3 Å². The SMILES string of the molecule is CCCC(=NOCC)C1=C(O)C[C@H](C2CCCSC2)CC1=O. The molecule has 1 unspecified atom stereocenters. The summed E-state index contributed by atoms with van der Waals surface area (Å²) in [6.45, 7) is 4.37. The van der Waals surface area contributed by atoms with Crippen LogP contribution in [-0.2, 0) is 9.63 Å². The predicted octanol–water partition coefficient (Wildman–Crippen LogP) is 4.11. The molecule has 5 heteroatoms. The molecule has 1 heterocycles. The van der Waals surface area contributed by atoms with Gasteiger partial charge in [0.25, 0.3) is 0 Å². The number of carbonyl (C=O) groups is 1. The van der Waals surface area contributed by atoms with Crippen LogP contribution in [0.1, 0.15) is 52.4 Å². The highest BCUT2D eigenvalue weighted by Crippen LogP contribution is 2.38. The van der Waals surface area contributed by atoms with Gasteiger partial charge in [-0.05, 0) is 49.5 Å². The fourth-order valence-corrected chi connectivity index (χ4v) is 4.60.